The van der Waals surface area contributed by atoms with Crippen LogP contribution in [0, 0.1) is 0 Å². The van der Waals surface area contributed by atoms with E-state index in [0.29, 0.717) is 19.8 Å². The molecule has 0 aliphatic heterocycles. The summed E-state index contributed by atoms with van der Waals surface area (Å²) in [6, 6.07) is 0.168. The van der Waals surface area contributed by atoms with Crippen LogP contribution in [0.1, 0.15) is 91.9 Å². The standard InChI is InChI=1S/C20H39NO4/c1-5-19(21-18-22)16-14-12-10-9-11-13-15-17-20(23-6-2,24-7-3)25-8-4/h19H,5-17H2,1-4H3. The van der Waals surface area contributed by atoms with Crippen LogP contribution in [-0.4, -0.2) is 37.9 Å². The van der Waals surface area contributed by atoms with E-state index in [-0.39, 0.29) is 6.04 Å². The third-order valence-electron chi connectivity index (χ3n) is 4.32. The molecule has 25 heavy (non-hydrogen) atoms. The van der Waals surface area contributed by atoms with Gasteiger partial charge in [-0.1, -0.05) is 45.4 Å². The molecular formula is C20H39NO4. The van der Waals surface area contributed by atoms with Crippen molar-refractivity contribution >= 4 is 6.08 Å². The summed E-state index contributed by atoms with van der Waals surface area (Å²) in [7, 11) is 0. The van der Waals surface area contributed by atoms with E-state index in [1.165, 1.54) is 32.1 Å². The maximum Gasteiger partial charge on any atom is 0.282 e. The summed E-state index contributed by atoms with van der Waals surface area (Å²) >= 11 is 0. The van der Waals surface area contributed by atoms with Gasteiger partial charge in [0.25, 0.3) is 5.97 Å². The third kappa shape index (κ3) is 12.3. The highest BCUT2D eigenvalue weighted by Gasteiger charge is 2.31. The summed E-state index contributed by atoms with van der Waals surface area (Å²) in [5.74, 6) is -0.855. The minimum absolute atomic E-state index is 0.168. The molecule has 0 fully saturated rings. The lowest BCUT2D eigenvalue weighted by molar-refractivity contribution is -0.380. The molecule has 0 aromatic rings. The van der Waals surface area contributed by atoms with Crippen LogP contribution in [0.25, 0.3) is 0 Å². The zero-order chi connectivity index (χ0) is 18.8. The molecule has 0 aromatic heterocycles. The molecule has 0 radical (unpaired) electrons. The Kier molecular flexibility index (Phi) is 16.2. The van der Waals surface area contributed by atoms with Crippen molar-refractivity contribution in [1.82, 2.24) is 0 Å². The Morgan fingerprint density at radius 3 is 1.72 bits per heavy atom. The van der Waals surface area contributed by atoms with Crippen LogP contribution in [0.4, 0.5) is 0 Å². The van der Waals surface area contributed by atoms with Crippen molar-refractivity contribution in [2.24, 2.45) is 4.99 Å². The molecule has 0 N–H and O–H groups in total. The molecule has 0 aliphatic carbocycles. The molecule has 1 atom stereocenters. The molecule has 0 saturated heterocycles. The number of isocyanates is 1. The summed E-state index contributed by atoms with van der Waals surface area (Å²) in [5.41, 5.74) is 0. The summed E-state index contributed by atoms with van der Waals surface area (Å²) in [6.45, 7) is 9.74. The average molecular weight is 358 g/mol. The lowest BCUT2D eigenvalue weighted by Gasteiger charge is -2.32. The van der Waals surface area contributed by atoms with Crippen LogP contribution >= 0.6 is 0 Å². The molecule has 0 rings (SSSR count). The Bertz CT molecular complexity index is 326. The zero-order valence-corrected chi connectivity index (χ0v) is 16.8. The van der Waals surface area contributed by atoms with Crippen LogP contribution < -0.4 is 0 Å². The van der Waals surface area contributed by atoms with Gasteiger partial charge in [0.05, 0.1) is 6.04 Å². The van der Waals surface area contributed by atoms with Crippen LogP contribution in [0.2, 0.25) is 0 Å². The first-order chi connectivity index (χ1) is 12.2. The Hall–Kier alpha value is -0.740. The van der Waals surface area contributed by atoms with E-state index in [9.17, 15) is 4.79 Å². The van der Waals surface area contributed by atoms with Gasteiger partial charge >= 0.3 is 0 Å². The monoisotopic (exact) mass is 357 g/mol. The summed E-state index contributed by atoms with van der Waals surface area (Å²) in [5, 5.41) is 0. The Morgan fingerprint density at radius 1 is 0.800 bits per heavy atom. The zero-order valence-electron chi connectivity index (χ0n) is 16.8. The number of hydrogen-bond donors (Lipinski definition) is 0. The van der Waals surface area contributed by atoms with Gasteiger partial charge in [-0.05, 0) is 40.0 Å². The van der Waals surface area contributed by atoms with Gasteiger partial charge in [0.1, 0.15) is 0 Å². The van der Waals surface area contributed by atoms with Crippen LogP contribution in [-0.2, 0) is 19.0 Å². The summed E-state index contributed by atoms with van der Waals surface area (Å²) < 4.78 is 17.2. The van der Waals surface area contributed by atoms with Crippen molar-refractivity contribution in [3.63, 3.8) is 0 Å². The van der Waals surface area contributed by atoms with E-state index in [2.05, 4.69) is 11.9 Å². The fourth-order valence-electron chi connectivity index (χ4n) is 3.04. The van der Waals surface area contributed by atoms with Crippen molar-refractivity contribution in [3.05, 3.63) is 0 Å². The first kappa shape index (κ1) is 24.3. The predicted molar refractivity (Wildman–Crippen MR) is 101 cm³/mol. The second-order valence-electron chi connectivity index (χ2n) is 6.28. The smallest absolute Gasteiger partial charge is 0.282 e. The fraction of sp³-hybridized carbons (Fsp3) is 0.950. The minimum Gasteiger partial charge on any atom is -0.328 e. The molecule has 5 nitrogen and oxygen atoms in total. The molecule has 0 aromatic carbocycles. The number of unbranched alkanes of at least 4 members (excludes halogenated alkanes) is 6. The topological polar surface area (TPSA) is 57.1 Å². The number of ether oxygens (including phenoxy) is 3. The van der Waals surface area contributed by atoms with Crippen LogP contribution in [0.3, 0.4) is 0 Å². The van der Waals surface area contributed by atoms with Crippen LogP contribution in [0.5, 0.6) is 0 Å². The Balaban J connectivity index is 3.80. The largest absolute Gasteiger partial charge is 0.328 e. The summed E-state index contributed by atoms with van der Waals surface area (Å²) in [4.78, 5) is 14.1. The van der Waals surface area contributed by atoms with Gasteiger partial charge in [-0.3, -0.25) is 0 Å². The van der Waals surface area contributed by atoms with Gasteiger partial charge in [-0.15, -0.1) is 0 Å². The van der Waals surface area contributed by atoms with Gasteiger partial charge in [-0.25, -0.2) is 9.79 Å². The van der Waals surface area contributed by atoms with E-state index in [0.717, 1.165) is 32.1 Å². The van der Waals surface area contributed by atoms with Crippen LogP contribution in [0.15, 0.2) is 4.99 Å². The van der Waals surface area contributed by atoms with E-state index in [4.69, 9.17) is 14.2 Å². The first-order valence-corrected chi connectivity index (χ1v) is 10.2. The van der Waals surface area contributed by atoms with Crippen molar-refractivity contribution < 1.29 is 19.0 Å². The van der Waals surface area contributed by atoms with Crippen molar-refractivity contribution in [2.45, 2.75) is 104 Å². The van der Waals surface area contributed by atoms with Gasteiger partial charge in [0.2, 0.25) is 6.08 Å². The molecule has 0 spiro atoms. The lowest BCUT2D eigenvalue weighted by atomic mass is 10.0. The molecule has 148 valence electrons. The second-order valence-corrected chi connectivity index (χ2v) is 6.28. The number of nitrogens with zero attached hydrogens (tertiary/aromatic N) is 1. The lowest BCUT2D eigenvalue weighted by Crippen LogP contribution is -2.39. The molecule has 0 bridgehead atoms. The number of rotatable bonds is 18. The molecule has 0 saturated carbocycles. The van der Waals surface area contributed by atoms with Gasteiger partial charge < -0.3 is 14.2 Å². The average Bonchev–Trinajstić information content (AvgIpc) is 2.60. The van der Waals surface area contributed by atoms with E-state index >= 15 is 0 Å². The van der Waals surface area contributed by atoms with E-state index in [1.807, 2.05) is 20.8 Å². The van der Waals surface area contributed by atoms with Gasteiger partial charge in [-0.2, -0.15) is 0 Å². The predicted octanol–water partition coefficient (Wildman–Crippen LogP) is 5.38. The molecule has 1 unspecified atom stereocenters. The Labute approximate surface area is 154 Å². The fourth-order valence-corrected chi connectivity index (χ4v) is 3.04. The second kappa shape index (κ2) is 16.7. The van der Waals surface area contributed by atoms with Gasteiger partial charge in [0.15, 0.2) is 0 Å². The third-order valence-corrected chi connectivity index (χ3v) is 4.32. The Morgan fingerprint density at radius 2 is 1.28 bits per heavy atom. The molecule has 0 heterocycles. The van der Waals surface area contributed by atoms with Crippen molar-refractivity contribution in [3.8, 4) is 0 Å². The normalized spacial score (nSPS) is 12.8. The van der Waals surface area contributed by atoms with Gasteiger partial charge in [0, 0.05) is 26.2 Å². The first-order valence-electron chi connectivity index (χ1n) is 10.2. The quantitative estimate of drug-likeness (QED) is 0.143. The molecule has 0 amide bonds. The summed E-state index contributed by atoms with van der Waals surface area (Å²) in [6.07, 6.45) is 12.7. The minimum atomic E-state index is -0.855. The SMILES string of the molecule is CCOC(CCCCCCCCCC(CC)N=C=O)(OCC)OCC. The van der Waals surface area contributed by atoms with E-state index < -0.39 is 5.97 Å². The highest BCUT2D eigenvalue weighted by molar-refractivity contribution is 5.33. The van der Waals surface area contributed by atoms with Crippen molar-refractivity contribution in [2.75, 3.05) is 19.8 Å². The maximum atomic E-state index is 10.3. The van der Waals surface area contributed by atoms with Crippen molar-refractivity contribution in [1.29, 1.82) is 0 Å². The maximum absolute atomic E-state index is 10.3. The molecule has 5 heteroatoms. The van der Waals surface area contributed by atoms with E-state index in [1.54, 1.807) is 6.08 Å². The number of hydrogen-bond acceptors (Lipinski definition) is 5. The number of aliphatic imine (C=N–C) groups is 1. The number of carbonyl (C=O) groups excluding carboxylic acids is 1. The molecular weight excluding hydrogens is 318 g/mol. The highest BCUT2D eigenvalue weighted by atomic mass is 16.9. The highest BCUT2D eigenvalue weighted by Crippen LogP contribution is 2.24. The molecule has 0 aliphatic rings.